The van der Waals surface area contributed by atoms with E-state index in [4.69, 9.17) is 16.3 Å². The summed E-state index contributed by atoms with van der Waals surface area (Å²) >= 11 is 6.21. The molecule has 0 aromatic heterocycles. The van der Waals surface area contributed by atoms with Crippen LogP contribution in [0.1, 0.15) is 27.7 Å². The van der Waals surface area contributed by atoms with Crippen molar-refractivity contribution in [2.24, 2.45) is 11.3 Å². The Bertz CT molecular complexity index is 110. The van der Waals surface area contributed by atoms with Crippen LogP contribution in [0.25, 0.3) is 0 Å². The smallest absolute Gasteiger partial charge is 0.0527 e. The van der Waals surface area contributed by atoms with E-state index in [2.05, 4.69) is 27.7 Å². The largest absolute Gasteiger partial charge is 0.384 e. The molecule has 1 unspecified atom stereocenters. The maximum absolute atomic E-state index is 6.21. The molecule has 0 rings (SSSR count). The van der Waals surface area contributed by atoms with Crippen molar-refractivity contribution in [3.05, 3.63) is 0 Å². The van der Waals surface area contributed by atoms with Gasteiger partial charge in [-0.25, -0.2) is 0 Å². The van der Waals surface area contributed by atoms with Gasteiger partial charge in [-0.1, -0.05) is 27.7 Å². The third-order valence-corrected chi connectivity index (χ3v) is 2.94. The van der Waals surface area contributed by atoms with Gasteiger partial charge in [0, 0.05) is 17.9 Å². The van der Waals surface area contributed by atoms with Crippen LogP contribution in [0.3, 0.4) is 0 Å². The Hall–Kier alpha value is 0.250. The Morgan fingerprint density at radius 1 is 1.36 bits per heavy atom. The van der Waals surface area contributed by atoms with Crippen LogP contribution in [-0.4, -0.2) is 19.1 Å². The van der Waals surface area contributed by atoms with Crippen molar-refractivity contribution in [2.75, 3.05) is 13.7 Å². The lowest BCUT2D eigenvalue weighted by molar-refractivity contribution is 0.0922. The minimum atomic E-state index is 0.0739. The zero-order chi connectivity index (χ0) is 9.07. The number of hydrogen-bond donors (Lipinski definition) is 0. The summed E-state index contributed by atoms with van der Waals surface area (Å²) in [4.78, 5) is 0. The Morgan fingerprint density at radius 2 is 1.82 bits per heavy atom. The van der Waals surface area contributed by atoms with E-state index >= 15 is 0 Å². The van der Waals surface area contributed by atoms with E-state index in [0.29, 0.717) is 5.92 Å². The highest BCUT2D eigenvalue weighted by Gasteiger charge is 2.29. The lowest BCUT2D eigenvalue weighted by atomic mass is 9.84. The van der Waals surface area contributed by atoms with E-state index in [9.17, 15) is 0 Å². The molecule has 0 heterocycles. The van der Waals surface area contributed by atoms with Gasteiger partial charge in [0.05, 0.1) is 6.61 Å². The molecular weight excluding hydrogens is 160 g/mol. The second kappa shape index (κ2) is 4.32. The predicted octanol–water partition coefficient (Wildman–Crippen LogP) is 2.92. The number of methoxy groups -OCH3 is 1. The zero-order valence-corrected chi connectivity index (χ0v) is 8.90. The fourth-order valence-corrected chi connectivity index (χ4v) is 1.42. The SMILES string of the molecule is COCC(C)(C)C(Cl)C(C)C. The van der Waals surface area contributed by atoms with Crippen LogP contribution in [0.5, 0.6) is 0 Å². The van der Waals surface area contributed by atoms with Crippen molar-refractivity contribution in [2.45, 2.75) is 33.1 Å². The van der Waals surface area contributed by atoms with Crippen LogP contribution in [0.4, 0.5) is 0 Å². The molecule has 0 aromatic carbocycles. The maximum atomic E-state index is 6.21. The van der Waals surface area contributed by atoms with Crippen molar-refractivity contribution in [3.63, 3.8) is 0 Å². The third kappa shape index (κ3) is 3.44. The summed E-state index contributed by atoms with van der Waals surface area (Å²) in [6.07, 6.45) is 0. The first-order chi connectivity index (χ1) is 4.91. The predicted molar refractivity (Wildman–Crippen MR) is 50.1 cm³/mol. The number of halogens is 1. The monoisotopic (exact) mass is 178 g/mol. The first kappa shape index (κ1) is 11.2. The third-order valence-electron chi connectivity index (χ3n) is 1.85. The number of hydrogen-bond acceptors (Lipinski definition) is 1. The summed E-state index contributed by atoms with van der Waals surface area (Å²) in [6, 6.07) is 0. The van der Waals surface area contributed by atoms with E-state index in [-0.39, 0.29) is 10.8 Å². The summed E-state index contributed by atoms with van der Waals surface area (Å²) in [5.41, 5.74) is 0.0739. The van der Waals surface area contributed by atoms with Crippen molar-refractivity contribution in [1.82, 2.24) is 0 Å². The quantitative estimate of drug-likeness (QED) is 0.602. The molecule has 11 heavy (non-hydrogen) atoms. The molecule has 0 aliphatic heterocycles. The Morgan fingerprint density at radius 3 is 2.09 bits per heavy atom. The molecular formula is C9H19ClO. The van der Waals surface area contributed by atoms with Gasteiger partial charge in [0.1, 0.15) is 0 Å². The molecule has 0 saturated carbocycles. The van der Waals surface area contributed by atoms with Gasteiger partial charge in [0.15, 0.2) is 0 Å². The van der Waals surface area contributed by atoms with Gasteiger partial charge < -0.3 is 4.74 Å². The molecule has 1 nitrogen and oxygen atoms in total. The average Bonchev–Trinajstić information content (AvgIpc) is 1.86. The van der Waals surface area contributed by atoms with Gasteiger partial charge in [0.25, 0.3) is 0 Å². The Labute approximate surface area is 75.1 Å². The van der Waals surface area contributed by atoms with Gasteiger partial charge in [-0.3, -0.25) is 0 Å². The summed E-state index contributed by atoms with van der Waals surface area (Å²) in [5.74, 6) is 0.502. The molecule has 68 valence electrons. The highest BCUT2D eigenvalue weighted by Crippen LogP contribution is 2.30. The number of rotatable bonds is 4. The second-order valence-electron chi connectivity index (χ2n) is 4.07. The molecule has 0 amide bonds. The first-order valence-electron chi connectivity index (χ1n) is 4.05. The number of alkyl halides is 1. The lowest BCUT2D eigenvalue weighted by Crippen LogP contribution is -2.33. The van der Waals surface area contributed by atoms with Gasteiger partial charge in [-0.05, 0) is 5.92 Å². The van der Waals surface area contributed by atoms with Crippen molar-refractivity contribution < 1.29 is 4.74 Å². The van der Waals surface area contributed by atoms with Gasteiger partial charge >= 0.3 is 0 Å². The highest BCUT2D eigenvalue weighted by atomic mass is 35.5. The Kier molecular flexibility index (Phi) is 4.42. The zero-order valence-electron chi connectivity index (χ0n) is 8.15. The van der Waals surface area contributed by atoms with Crippen molar-refractivity contribution in [3.8, 4) is 0 Å². The van der Waals surface area contributed by atoms with Crippen molar-refractivity contribution >= 4 is 11.6 Å². The second-order valence-corrected chi connectivity index (χ2v) is 4.54. The Balaban J connectivity index is 4.05. The van der Waals surface area contributed by atoms with Crippen molar-refractivity contribution in [1.29, 1.82) is 0 Å². The highest BCUT2D eigenvalue weighted by molar-refractivity contribution is 6.21. The fourth-order valence-electron chi connectivity index (χ4n) is 1.35. The van der Waals surface area contributed by atoms with Crippen LogP contribution >= 0.6 is 11.6 Å². The van der Waals surface area contributed by atoms with E-state index < -0.39 is 0 Å². The van der Waals surface area contributed by atoms with Crippen LogP contribution in [0, 0.1) is 11.3 Å². The normalized spacial score (nSPS) is 15.5. The minimum absolute atomic E-state index is 0.0739. The van der Waals surface area contributed by atoms with Gasteiger partial charge in [-0.2, -0.15) is 0 Å². The molecule has 0 fully saturated rings. The fraction of sp³-hybridized carbons (Fsp3) is 1.00. The average molecular weight is 179 g/mol. The summed E-state index contributed by atoms with van der Waals surface area (Å²) in [5, 5.41) is 0.183. The topological polar surface area (TPSA) is 9.23 Å². The molecule has 0 aromatic rings. The molecule has 0 radical (unpaired) electrons. The standard InChI is InChI=1S/C9H19ClO/c1-7(2)8(10)9(3,4)6-11-5/h7-8H,6H2,1-5H3. The van der Waals surface area contributed by atoms with Crippen LogP contribution in [0.15, 0.2) is 0 Å². The molecule has 0 spiro atoms. The summed E-state index contributed by atoms with van der Waals surface area (Å²) < 4.78 is 5.09. The van der Waals surface area contributed by atoms with E-state index in [1.165, 1.54) is 0 Å². The summed E-state index contributed by atoms with van der Waals surface area (Å²) in [6.45, 7) is 9.26. The molecule has 0 bridgehead atoms. The molecule has 0 saturated heterocycles. The number of ether oxygens (including phenoxy) is 1. The summed E-state index contributed by atoms with van der Waals surface area (Å²) in [7, 11) is 1.71. The van der Waals surface area contributed by atoms with E-state index in [1.54, 1.807) is 7.11 Å². The molecule has 1 atom stereocenters. The van der Waals surface area contributed by atoms with Crippen LogP contribution < -0.4 is 0 Å². The lowest BCUT2D eigenvalue weighted by Gasteiger charge is -2.31. The first-order valence-corrected chi connectivity index (χ1v) is 4.48. The molecule has 0 aliphatic carbocycles. The van der Waals surface area contributed by atoms with Gasteiger partial charge in [-0.15, -0.1) is 11.6 Å². The van der Waals surface area contributed by atoms with Gasteiger partial charge in [0.2, 0.25) is 0 Å². The molecule has 2 heteroatoms. The van der Waals surface area contributed by atoms with Crippen LogP contribution in [-0.2, 0) is 4.74 Å². The minimum Gasteiger partial charge on any atom is -0.384 e. The molecule has 0 N–H and O–H groups in total. The van der Waals surface area contributed by atoms with E-state index in [1.807, 2.05) is 0 Å². The molecule has 0 aliphatic rings. The van der Waals surface area contributed by atoms with Crippen LogP contribution in [0.2, 0.25) is 0 Å². The maximum Gasteiger partial charge on any atom is 0.0527 e. The van der Waals surface area contributed by atoms with E-state index in [0.717, 1.165) is 6.61 Å².